The fourth-order valence-electron chi connectivity index (χ4n) is 6.78. The van der Waals surface area contributed by atoms with Crippen molar-refractivity contribution in [3.63, 3.8) is 0 Å². The average Bonchev–Trinajstić information content (AvgIpc) is 3.21. The lowest BCUT2D eigenvalue weighted by molar-refractivity contribution is 1.07. The molecule has 0 aliphatic carbocycles. The lowest BCUT2D eigenvalue weighted by Crippen LogP contribution is -2.00. The van der Waals surface area contributed by atoms with Crippen LogP contribution in [0.5, 0.6) is 0 Å². The molecule has 0 bridgehead atoms. The van der Waals surface area contributed by atoms with E-state index in [1.165, 1.54) is 32.8 Å². The van der Waals surface area contributed by atoms with Gasteiger partial charge in [0.15, 0.2) is 17.5 Å². The van der Waals surface area contributed by atoms with Crippen LogP contribution in [-0.4, -0.2) is 15.0 Å². The highest BCUT2D eigenvalue weighted by atomic mass is 15.0. The molecule has 0 atom stereocenters. The Bertz CT molecular complexity index is 2620. The first-order chi connectivity index (χ1) is 24.8. The Balaban J connectivity index is 1.21. The monoisotopic (exact) mass is 637 g/mol. The van der Waals surface area contributed by atoms with Crippen LogP contribution < -0.4 is 0 Å². The Labute approximate surface area is 291 Å². The topological polar surface area (TPSA) is 38.7 Å². The summed E-state index contributed by atoms with van der Waals surface area (Å²) in [4.78, 5) is 15.3. The molecule has 0 N–H and O–H groups in total. The van der Waals surface area contributed by atoms with Gasteiger partial charge in [-0.15, -0.1) is 0 Å². The van der Waals surface area contributed by atoms with Crippen molar-refractivity contribution in [1.82, 2.24) is 15.0 Å². The molecule has 1 aromatic heterocycles. The summed E-state index contributed by atoms with van der Waals surface area (Å²) in [5.74, 6) is 1.91. The van der Waals surface area contributed by atoms with Gasteiger partial charge in [-0.3, -0.25) is 0 Å². The third-order valence-electron chi connectivity index (χ3n) is 9.33. The summed E-state index contributed by atoms with van der Waals surface area (Å²) in [5, 5.41) is 4.78. The largest absolute Gasteiger partial charge is 0.208 e. The third-order valence-corrected chi connectivity index (χ3v) is 9.33. The van der Waals surface area contributed by atoms with Crippen LogP contribution in [0.1, 0.15) is 0 Å². The predicted molar refractivity (Wildman–Crippen MR) is 207 cm³/mol. The summed E-state index contributed by atoms with van der Waals surface area (Å²) < 4.78 is 0. The molecule has 0 amide bonds. The molecule has 0 aliphatic rings. The average molecular weight is 638 g/mol. The fraction of sp³-hybridized carbons (Fsp3) is 0. The summed E-state index contributed by atoms with van der Waals surface area (Å²) in [5.41, 5.74) is 9.79. The molecule has 50 heavy (non-hydrogen) atoms. The van der Waals surface area contributed by atoms with Gasteiger partial charge in [0.25, 0.3) is 0 Å². The van der Waals surface area contributed by atoms with Crippen molar-refractivity contribution < 1.29 is 0 Å². The van der Waals surface area contributed by atoms with Crippen molar-refractivity contribution in [2.24, 2.45) is 0 Å². The predicted octanol–water partition coefficient (Wildman–Crippen LogP) is 12.2. The van der Waals surface area contributed by atoms with Crippen LogP contribution in [0.2, 0.25) is 0 Å². The van der Waals surface area contributed by atoms with E-state index in [4.69, 9.17) is 15.0 Å². The lowest BCUT2D eigenvalue weighted by atomic mass is 9.93. The minimum atomic E-state index is 0.636. The minimum Gasteiger partial charge on any atom is -0.208 e. The van der Waals surface area contributed by atoms with E-state index in [1.54, 1.807) is 0 Å². The van der Waals surface area contributed by atoms with E-state index in [2.05, 4.69) is 176 Å². The van der Waals surface area contributed by atoms with Gasteiger partial charge in [-0.05, 0) is 67.1 Å². The zero-order valence-corrected chi connectivity index (χ0v) is 27.2. The van der Waals surface area contributed by atoms with Gasteiger partial charge in [0, 0.05) is 16.7 Å². The van der Waals surface area contributed by atoms with Crippen molar-refractivity contribution in [3.8, 4) is 67.5 Å². The van der Waals surface area contributed by atoms with Crippen LogP contribution in [0.15, 0.2) is 188 Å². The Hall–Kier alpha value is -6.71. The first-order valence-corrected chi connectivity index (χ1v) is 16.9. The van der Waals surface area contributed by atoms with Crippen molar-refractivity contribution in [2.45, 2.75) is 0 Å². The summed E-state index contributed by atoms with van der Waals surface area (Å²) >= 11 is 0. The van der Waals surface area contributed by atoms with Crippen LogP contribution in [0.3, 0.4) is 0 Å². The quantitative estimate of drug-likeness (QED) is 0.182. The second kappa shape index (κ2) is 12.7. The van der Waals surface area contributed by atoms with Gasteiger partial charge in [-0.1, -0.05) is 176 Å². The highest BCUT2D eigenvalue weighted by molar-refractivity contribution is 6.06. The molecule has 1 heterocycles. The number of hydrogen-bond acceptors (Lipinski definition) is 3. The van der Waals surface area contributed by atoms with Crippen LogP contribution in [0.25, 0.3) is 89.1 Å². The Morgan fingerprint density at radius 2 is 0.660 bits per heavy atom. The van der Waals surface area contributed by atoms with E-state index >= 15 is 0 Å². The van der Waals surface area contributed by atoms with Gasteiger partial charge in [0.2, 0.25) is 0 Å². The zero-order chi connectivity index (χ0) is 33.3. The molecule has 3 nitrogen and oxygen atoms in total. The highest BCUT2D eigenvalue weighted by Crippen LogP contribution is 2.36. The molecule has 0 radical (unpaired) electrons. The number of rotatable bonds is 6. The number of hydrogen-bond donors (Lipinski definition) is 0. The molecule has 0 aliphatic heterocycles. The fourth-order valence-corrected chi connectivity index (χ4v) is 6.78. The van der Waals surface area contributed by atoms with Crippen LogP contribution in [0, 0.1) is 0 Å². The third kappa shape index (κ3) is 5.61. The van der Waals surface area contributed by atoms with Crippen LogP contribution in [-0.2, 0) is 0 Å². The van der Waals surface area contributed by atoms with Crippen molar-refractivity contribution in [3.05, 3.63) is 188 Å². The second-order valence-corrected chi connectivity index (χ2v) is 12.5. The van der Waals surface area contributed by atoms with E-state index < -0.39 is 0 Å². The summed E-state index contributed by atoms with van der Waals surface area (Å²) in [6.07, 6.45) is 0. The minimum absolute atomic E-state index is 0.636. The summed E-state index contributed by atoms with van der Waals surface area (Å²) in [6.45, 7) is 0. The number of fused-ring (bicyclic) bond motifs is 2. The number of benzene rings is 8. The van der Waals surface area contributed by atoms with Gasteiger partial charge in [-0.2, -0.15) is 0 Å². The van der Waals surface area contributed by atoms with Crippen LogP contribution in [0.4, 0.5) is 0 Å². The Morgan fingerprint density at radius 1 is 0.240 bits per heavy atom. The molecule has 0 unspecified atom stereocenters. The van der Waals surface area contributed by atoms with E-state index in [-0.39, 0.29) is 0 Å². The first kappa shape index (κ1) is 29.4. The molecule has 0 saturated heterocycles. The molecule has 0 saturated carbocycles. The highest BCUT2D eigenvalue weighted by Gasteiger charge is 2.15. The van der Waals surface area contributed by atoms with Gasteiger partial charge in [0.1, 0.15) is 0 Å². The molecule has 9 aromatic rings. The zero-order valence-electron chi connectivity index (χ0n) is 27.2. The lowest BCUT2D eigenvalue weighted by Gasteiger charge is -2.13. The molecule has 3 heteroatoms. The maximum Gasteiger partial charge on any atom is 0.164 e. The molecule has 0 spiro atoms. The molecular formula is C47H31N3. The van der Waals surface area contributed by atoms with Crippen molar-refractivity contribution >= 4 is 21.5 Å². The maximum atomic E-state index is 5.14. The van der Waals surface area contributed by atoms with E-state index in [9.17, 15) is 0 Å². The van der Waals surface area contributed by atoms with Crippen molar-refractivity contribution in [1.29, 1.82) is 0 Å². The van der Waals surface area contributed by atoms with Gasteiger partial charge in [0.05, 0.1) is 0 Å². The van der Waals surface area contributed by atoms with E-state index in [1.807, 2.05) is 12.1 Å². The number of nitrogens with zero attached hydrogens (tertiary/aromatic N) is 3. The van der Waals surface area contributed by atoms with E-state index in [0.29, 0.717) is 17.5 Å². The van der Waals surface area contributed by atoms with Gasteiger partial charge < -0.3 is 0 Å². The summed E-state index contributed by atoms with van der Waals surface area (Å²) in [7, 11) is 0. The first-order valence-electron chi connectivity index (χ1n) is 16.9. The van der Waals surface area contributed by atoms with Gasteiger partial charge >= 0.3 is 0 Å². The number of aromatic nitrogens is 3. The van der Waals surface area contributed by atoms with Crippen LogP contribution >= 0.6 is 0 Å². The van der Waals surface area contributed by atoms with Crippen molar-refractivity contribution in [2.75, 3.05) is 0 Å². The maximum absolute atomic E-state index is 5.14. The Morgan fingerprint density at radius 3 is 1.36 bits per heavy atom. The standard InChI is InChI=1S/C47H31N3/c1-3-12-32(13-4-1)34-24-27-37(28-25-34)45-48-46(39-20-9-19-38(30-39)33-14-5-2-6-15-33)50-47(49-45)40-29-26-36-18-11-23-43(44(36)31-40)42-22-10-17-35-16-7-8-21-41(35)42/h1-31H. The molecule has 234 valence electrons. The summed E-state index contributed by atoms with van der Waals surface area (Å²) in [6, 6.07) is 65.9. The molecule has 8 aromatic carbocycles. The second-order valence-electron chi connectivity index (χ2n) is 12.5. The smallest absolute Gasteiger partial charge is 0.164 e. The molecule has 9 rings (SSSR count). The molecule has 0 fully saturated rings. The Kier molecular flexibility index (Phi) is 7.49. The molecular weight excluding hydrogens is 607 g/mol. The normalized spacial score (nSPS) is 11.2. The van der Waals surface area contributed by atoms with Gasteiger partial charge in [-0.25, -0.2) is 15.0 Å². The van der Waals surface area contributed by atoms with E-state index in [0.717, 1.165) is 38.8 Å². The SMILES string of the molecule is c1ccc(-c2ccc(-c3nc(-c4cccc(-c5ccccc5)c4)nc(-c4ccc5cccc(-c6cccc7ccccc67)c5c4)n3)cc2)cc1.